The van der Waals surface area contributed by atoms with Crippen molar-refractivity contribution in [3.05, 3.63) is 306 Å². The van der Waals surface area contributed by atoms with Gasteiger partial charge in [-0.15, -0.1) is 18.4 Å². The third-order valence-electron chi connectivity index (χ3n) is 16.4. The van der Waals surface area contributed by atoms with Crippen molar-refractivity contribution in [1.29, 1.82) is 0 Å². The summed E-state index contributed by atoms with van der Waals surface area (Å²) in [5, 5.41) is 4.33. The molecule has 0 unspecified atom stereocenters. The molecule has 0 fully saturated rings. The van der Waals surface area contributed by atoms with E-state index in [-0.39, 0.29) is 12.5 Å². The van der Waals surface area contributed by atoms with Gasteiger partial charge in [0.15, 0.2) is 0 Å². The molecule has 1 amide bonds. The predicted molar refractivity (Wildman–Crippen MR) is 403 cm³/mol. The number of fused-ring (bicyclic) bond motifs is 10. The van der Waals surface area contributed by atoms with E-state index < -0.39 is 16.1 Å². The molecule has 16 heteroatoms. The van der Waals surface area contributed by atoms with Gasteiger partial charge in [-0.25, -0.2) is 15.0 Å². The normalized spacial score (nSPS) is 13.2. The van der Waals surface area contributed by atoms with Crippen LogP contribution in [0.2, 0.25) is 39.3 Å². The molecule has 472 valence electrons. The number of carbonyl (C=O) groups excluding carboxylic acids is 1. The third-order valence-corrected chi connectivity index (χ3v) is 20.3. The summed E-state index contributed by atoms with van der Waals surface area (Å²) in [6, 6.07) is 66.0. The van der Waals surface area contributed by atoms with Crippen LogP contribution in [0.1, 0.15) is 84.2 Å². The number of hydrogen-bond donors (Lipinski definition) is 1. The Kier molecular flexibility index (Phi) is 20.4. The summed E-state index contributed by atoms with van der Waals surface area (Å²) in [6.07, 6.45) is 16.4. The Balaban J connectivity index is 0.000000126. The van der Waals surface area contributed by atoms with Crippen LogP contribution in [0.5, 0.6) is 0 Å². The van der Waals surface area contributed by atoms with E-state index in [0.717, 1.165) is 116 Å². The van der Waals surface area contributed by atoms with Crippen LogP contribution in [0, 0.1) is 45.1 Å². The number of nitrogens with one attached hydrogen (secondary N) is 1. The zero-order valence-electron chi connectivity index (χ0n) is 54.8. The summed E-state index contributed by atoms with van der Waals surface area (Å²) in [5.41, 5.74) is 27.0. The first-order valence-electron chi connectivity index (χ1n) is 31.4. The lowest BCUT2D eigenvalue weighted by molar-refractivity contribution is -0.114. The van der Waals surface area contributed by atoms with E-state index in [9.17, 15) is 4.79 Å². The quantitative estimate of drug-likeness (QED) is 0.136. The Bertz CT molecular complexity index is 4860. The average molecular weight is 1410 g/mol. The van der Waals surface area contributed by atoms with E-state index in [1.807, 2.05) is 130 Å². The van der Waals surface area contributed by atoms with Crippen molar-refractivity contribution in [3.63, 3.8) is 0 Å². The van der Waals surface area contributed by atoms with E-state index in [0.29, 0.717) is 19.6 Å². The number of anilines is 1. The average Bonchev–Trinajstić information content (AvgIpc) is 1.69. The van der Waals surface area contributed by atoms with Crippen LogP contribution < -0.4 is 10.5 Å². The molecule has 4 aliphatic rings. The Morgan fingerprint density at radius 2 is 0.779 bits per heavy atom. The molecule has 1 N–H and O–H groups in total. The summed E-state index contributed by atoms with van der Waals surface area (Å²) in [6.45, 7) is 21.8. The van der Waals surface area contributed by atoms with Crippen molar-refractivity contribution in [2.45, 2.75) is 79.7 Å². The van der Waals surface area contributed by atoms with Gasteiger partial charge >= 0.3 is 0 Å². The number of amides is 1. The van der Waals surface area contributed by atoms with Gasteiger partial charge in [0, 0.05) is 59.0 Å². The second-order valence-corrected chi connectivity index (χ2v) is 36.9. The third kappa shape index (κ3) is 15.3. The molecule has 3 aromatic heterocycles. The first kappa shape index (κ1) is 66.5. The van der Waals surface area contributed by atoms with Crippen molar-refractivity contribution in [2.24, 2.45) is 20.0 Å². The number of nitrogens with zero attached hydrogens (tertiary/aromatic N) is 10. The second-order valence-electron chi connectivity index (χ2n) is 25.2. The lowest BCUT2D eigenvalue weighted by Crippen LogP contribution is -2.38. The fourth-order valence-electron chi connectivity index (χ4n) is 11.3. The number of rotatable bonds is 5. The summed E-state index contributed by atoms with van der Waals surface area (Å²) >= 11 is 7.04. The number of aryl methyl sites for hydroxylation is 3. The zero-order valence-corrected chi connectivity index (χ0v) is 60.0. The fourth-order valence-corrected chi connectivity index (χ4v) is 13.1. The molecule has 12 nitrogen and oxygen atoms in total. The summed E-state index contributed by atoms with van der Waals surface area (Å²) in [7, 11) is -2.51. The minimum absolute atomic E-state index is 0.0884. The molecule has 0 bridgehead atoms. The molecular weight excluding hydrogens is 1330 g/mol. The lowest BCUT2D eigenvalue weighted by atomic mass is 9.98. The highest BCUT2D eigenvalue weighted by atomic mass is 79.9. The highest BCUT2D eigenvalue weighted by Crippen LogP contribution is 2.32. The number of terminal acetylenes is 2. The van der Waals surface area contributed by atoms with Crippen molar-refractivity contribution >= 4 is 87.6 Å². The maximum atomic E-state index is 11.7. The number of benzodiazepines with no additional fused rings is 1. The molecule has 7 heterocycles. The van der Waals surface area contributed by atoms with Crippen molar-refractivity contribution in [3.8, 4) is 41.4 Å². The van der Waals surface area contributed by atoms with E-state index in [1.54, 1.807) is 0 Å². The van der Waals surface area contributed by atoms with Gasteiger partial charge in [0.25, 0.3) is 0 Å². The summed E-state index contributed by atoms with van der Waals surface area (Å²) < 4.78 is 8.49. The van der Waals surface area contributed by atoms with Crippen LogP contribution in [0.25, 0.3) is 17.1 Å². The number of halogens is 2. The molecule has 0 spiro atoms. The van der Waals surface area contributed by atoms with E-state index in [4.69, 9.17) is 27.8 Å². The van der Waals surface area contributed by atoms with Gasteiger partial charge in [0.05, 0.1) is 126 Å². The molecule has 0 saturated heterocycles. The summed E-state index contributed by atoms with van der Waals surface area (Å²) in [5.74, 6) is 2.63. The molecule has 0 saturated carbocycles. The molecule has 15 rings (SSSR count). The topological polar surface area (TPSA) is 132 Å². The van der Waals surface area contributed by atoms with Crippen LogP contribution in [-0.2, 0) is 24.4 Å². The number of hydrogen-bond acceptors (Lipinski definition) is 8. The molecular formula is C79H73Br2N11OSi2. The van der Waals surface area contributed by atoms with E-state index in [1.165, 1.54) is 27.7 Å². The minimum Gasteiger partial charge on any atom is -0.324 e. The van der Waals surface area contributed by atoms with Crippen LogP contribution in [0.3, 0.4) is 0 Å². The monoisotopic (exact) mass is 1410 g/mol. The molecule has 8 aromatic carbocycles. The molecule has 0 atom stereocenters. The smallest absolute Gasteiger partial charge is 0.246 e. The van der Waals surface area contributed by atoms with E-state index in [2.05, 4.69) is 226 Å². The molecule has 0 aliphatic carbocycles. The maximum Gasteiger partial charge on any atom is 0.246 e. The van der Waals surface area contributed by atoms with Gasteiger partial charge in [0.1, 0.15) is 14.6 Å². The van der Waals surface area contributed by atoms with Crippen molar-refractivity contribution in [1.82, 2.24) is 28.7 Å². The van der Waals surface area contributed by atoms with Gasteiger partial charge < -0.3 is 19.0 Å². The highest BCUT2D eigenvalue weighted by molar-refractivity contribution is 9.10. The largest absolute Gasteiger partial charge is 0.324 e. The second kappa shape index (κ2) is 29.1. The van der Waals surface area contributed by atoms with Crippen LogP contribution in [0.4, 0.5) is 5.69 Å². The number of aromatic nitrogens is 6. The van der Waals surface area contributed by atoms with Gasteiger partial charge in [-0.1, -0.05) is 216 Å². The van der Waals surface area contributed by atoms with Crippen LogP contribution in [0.15, 0.2) is 242 Å². The Labute approximate surface area is 576 Å². The Morgan fingerprint density at radius 1 is 0.432 bits per heavy atom. The molecule has 95 heavy (non-hydrogen) atoms. The first-order chi connectivity index (χ1) is 45.8. The Morgan fingerprint density at radius 3 is 1.18 bits per heavy atom. The predicted octanol–water partition coefficient (Wildman–Crippen LogP) is 16.6. The summed E-state index contributed by atoms with van der Waals surface area (Å²) in [4.78, 5) is 44.3. The number of benzene rings is 8. The Hall–Kier alpha value is -9.95. The number of carbonyl (C=O) groups is 1. The highest BCUT2D eigenvalue weighted by Gasteiger charge is 2.26. The molecule has 0 radical (unpaired) electrons. The van der Waals surface area contributed by atoms with Crippen molar-refractivity contribution < 1.29 is 4.79 Å². The van der Waals surface area contributed by atoms with Gasteiger partial charge in [0.2, 0.25) is 5.91 Å². The molecule has 4 aliphatic heterocycles. The first-order valence-corrected chi connectivity index (χ1v) is 40.0. The van der Waals surface area contributed by atoms with Crippen LogP contribution >= 0.6 is 31.9 Å². The fraction of sp³-hybridized carbons (Fsp3) is 0.165. The molecule has 11 aromatic rings. The van der Waals surface area contributed by atoms with Gasteiger partial charge in [-0.05, 0) is 81.4 Å². The zero-order chi connectivity index (χ0) is 67.0. The lowest BCUT2D eigenvalue weighted by Gasteiger charge is -2.20. The van der Waals surface area contributed by atoms with Gasteiger partial charge in [-0.3, -0.25) is 24.8 Å². The minimum atomic E-state index is -1.41. The van der Waals surface area contributed by atoms with E-state index >= 15 is 0 Å². The maximum absolute atomic E-state index is 11.7. The number of imidazole rings is 3. The number of aliphatic imine (C=N–C) groups is 4. The standard InChI is InChI=1S/C21H23N3Si.C20H15N3.C18H14BrN3.C15H11BrN2O.C5H10Si/c1-15-20-13-22-21(16-8-6-5-7-9-16)18-12-17(25(2,3)4)10-11-19(18)24(20)14-23-15;1-3-15-9-10-18-17(11-15)20(16-7-5-4-6-8-16)21-12-19-14(2)22-13-23(18)19;1-12-17-10-20-18(13-5-3-2-4-6-13)15-9-14(19)7-8-16(15)22(17)11-21-12;16-11-6-7-13-12(8-11)15(17-9-14(19)18-13)10-4-2-1-3-5-10;1-5-6(2,3)4/h5-12,14H,13H2,1-4H3;1,4-11,13H,12H2,2H3;2-9,11H,10H2,1H3;1-8H,9H2,(H,18,19);1H,2-4H3. The SMILES string of the molecule is C#C[Si](C)(C)C.C#Cc1ccc2c(c1)C(c1ccccc1)=NCc1c(C)ncn1-2.Cc1ncn2c1CN=C(c1ccccc1)c1cc(Br)ccc1-2.Cc1ncn2c1CN=C(c1ccccc1)c1cc([Si](C)(C)C)ccc1-2.O=C1CN=C(c2ccccc2)c2cc(Br)ccc2N1. The van der Waals surface area contributed by atoms with Crippen LogP contribution in [-0.4, -0.2) is 80.1 Å². The van der Waals surface area contributed by atoms with Gasteiger partial charge in [-0.2, -0.15) is 0 Å². The van der Waals surface area contributed by atoms with Crippen molar-refractivity contribution in [2.75, 3.05) is 11.9 Å².